The van der Waals surface area contributed by atoms with Crippen molar-refractivity contribution in [3.05, 3.63) is 23.8 Å². The van der Waals surface area contributed by atoms with E-state index in [1.807, 2.05) is 30.0 Å². The minimum atomic E-state index is -0.458. The van der Waals surface area contributed by atoms with Crippen molar-refractivity contribution in [2.75, 3.05) is 18.1 Å². The summed E-state index contributed by atoms with van der Waals surface area (Å²) in [7, 11) is 0. The molecule has 4 aliphatic carbocycles. The number of amides is 2. The Morgan fingerprint density at radius 1 is 1.28 bits per heavy atom. The molecule has 2 N–H and O–H groups in total. The first-order chi connectivity index (χ1) is 12.0. The molecule has 1 aromatic rings. The van der Waals surface area contributed by atoms with Gasteiger partial charge in [0.25, 0.3) is 0 Å². The largest absolute Gasteiger partial charge is 0.490 e. The van der Waals surface area contributed by atoms with Crippen LogP contribution in [0.5, 0.6) is 5.75 Å². The van der Waals surface area contributed by atoms with Gasteiger partial charge in [-0.3, -0.25) is 4.90 Å². The van der Waals surface area contributed by atoms with E-state index in [0.29, 0.717) is 30.9 Å². The lowest BCUT2D eigenvalue weighted by Crippen LogP contribution is -2.63. The monoisotopic (exact) mass is 342 g/mol. The fraction of sp³-hybridized carbons (Fsp3) is 0.650. The van der Waals surface area contributed by atoms with Crippen molar-refractivity contribution in [3.63, 3.8) is 0 Å². The molecule has 2 atom stereocenters. The molecular formula is C20H26N2O3. The molecule has 0 aromatic heterocycles. The van der Waals surface area contributed by atoms with Gasteiger partial charge in [-0.25, -0.2) is 4.79 Å². The average Bonchev–Trinajstić information content (AvgIpc) is 2.55. The van der Waals surface area contributed by atoms with E-state index < -0.39 is 5.60 Å². The number of benzene rings is 1. The highest BCUT2D eigenvalue weighted by Crippen LogP contribution is 2.55. The smallest absolute Gasteiger partial charge is 0.322 e. The third-order valence-corrected chi connectivity index (χ3v) is 6.75. The molecule has 4 saturated carbocycles. The van der Waals surface area contributed by atoms with Crippen LogP contribution >= 0.6 is 0 Å². The highest BCUT2D eigenvalue weighted by Gasteiger charge is 2.55. The quantitative estimate of drug-likeness (QED) is 0.825. The van der Waals surface area contributed by atoms with E-state index >= 15 is 0 Å². The number of carbonyl (C=O) groups excluding carboxylic acids is 1. The van der Waals surface area contributed by atoms with Crippen LogP contribution in [0.25, 0.3) is 0 Å². The first-order valence-corrected chi connectivity index (χ1v) is 9.55. The Morgan fingerprint density at radius 3 is 2.76 bits per heavy atom. The predicted molar refractivity (Wildman–Crippen MR) is 94.8 cm³/mol. The highest BCUT2D eigenvalue weighted by atomic mass is 16.5. The zero-order chi connectivity index (χ0) is 17.2. The van der Waals surface area contributed by atoms with E-state index in [2.05, 4.69) is 5.32 Å². The molecule has 5 heteroatoms. The van der Waals surface area contributed by atoms with Gasteiger partial charge in [0.1, 0.15) is 12.4 Å². The van der Waals surface area contributed by atoms with Crippen molar-refractivity contribution in [3.8, 4) is 5.75 Å². The van der Waals surface area contributed by atoms with Gasteiger partial charge in [-0.05, 0) is 74.5 Å². The Morgan fingerprint density at radius 2 is 2.04 bits per heavy atom. The Hall–Kier alpha value is -1.75. The van der Waals surface area contributed by atoms with Crippen molar-refractivity contribution in [2.24, 2.45) is 17.8 Å². The number of urea groups is 1. The number of nitrogens with one attached hydrogen (secondary N) is 1. The summed E-state index contributed by atoms with van der Waals surface area (Å²) in [5.74, 6) is 2.31. The van der Waals surface area contributed by atoms with Gasteiger partial charge in [0.05, 0.1) is 17.8 Å². The number of aliphatic hydroxyl groups is 1. The van der Waals surface area contributed by atoms with Gasteiger partial charge < -0.3 is 15.2 Å². The van der Waals surface area contributed by atoms with Gasteiger partial charge >= 0.3 is 6.03 Å². The molecule has 1 aromatic carbocycles. The minimum absolute atomic E-state index is 0.0159. The van der Waals surface area contributed by atoms with Crippen LogP contribution in [0, 0.1) is 24.7 Å². The molecule has 0 radical (unpaired) electrons. The van der Waals surface area contributed by atoms with Gasteiger partial charge in [-0.15, -0.1) is 0 Å². The minimum Gasteiger partial charge on any atom is -0.490 e. The number of nitrogens with zero attached hydrogens (tertiary/aromatic N) is 1. The maximum Gasteiger partial charge on any atom is 0.322 e. The summed E-state index contributed by atoms with van der Waals surface area (Å²) in [5.41, 5.74) is 1.54. The molecule has 0 saturated heterocycles. The number of fused-ring (bicyclic) bond motifs is 1. The van der Waals surface area contributed by atoms with Crippen LogP contribution in [0.2, 0.25) is 0 Å². The zero-order valence-electron chi connectivity index (χ0n) is 14.7. The standard InChI is InChI=1S/C20H26N2O3/c1-12-2-3-16-17(6-12)25-5-4-22(16)19(23)21-18-14-7-13-8-15(18)11-20(24,9-13)10-14/h2-3,6,13-15,18,24H,4-5,7-11H2,1H3,(H,21,23). The van der Waals surface area contributed by atoms with Gasteiger partial charge in [0, 0.05) is 6.04 Å². The van der Waals surface area contributed by atoms with E-state index in [0.717, 1.165) is 49.1 Å². The second-order valence-corrected chi connectivity index (χ2v) is 8.64. The molecule has 1 aliphatic heterocycles. The van der Waals surface area contributed by atoms with E-state index in [1.54, 1.807) is 0 Å². The molecule has 0 spiro atoms. The molecule has 2 unspecified atom stereocenters. The van der Waals surface area contributed by atoms with Crippen LogP contribution in [-0.2, 0) is 0 Å². The molecule has 5 aliphatic rings. The molecule has 4 bridgehead atoms. The summed E-state index contributed by atoms with van der Waals surface area (Å²) >= 11 is 0. The van der Waals surface area contributed by atoms with E-state index in [-0.39, 0.29) is 12.1 Å². The Kier molecular flexibility index (Phi) is 3.33. The maximum atomic E-state index is 13.0. The first-order valence-electron chi connectivity index (χ1n) is 9.55. The van der Waals surface area contributed by atoms with Gasteiger partial charge in [0.2, 0.25) is 0 Å². The van der Waals surface area contributed by atoms with Crippen molar-refractivity contribution in [1.82, 2.24) is 5.32 Å². The van der Waals surface area contributed by atoms with Crippen LogP contribution < -0.4 is 15.0 Å². The second-order valence-electron chi connectivity index (χ2n) is 8.64. The SMILES string of the molecule is Cc1ccc2c(c1)OCCN2C(=O)NC1C2CC3CC1CC(O)(C3)C2. The molecule has 25 heavy (non-hydrogen) atoms. The number of ether oxygens (including phenoxy) is 1. The number of hydrogen-bond donors (Lipinski definition) is 2. The molecule has 4 fully saturated rings. The lowest BCUT2D eigenvalue weighted by atomic mass is 9.52. The number of aryl methyl sites for hydroxylation is 1. The average molecular weight is 342 g/mol. The number of rotatable bonds is 1. The Labute approximate surface area is 148 Å². The summed E-state index contributed by atoms with van der Waals surface area (Å²) < 4.78 is 5.73. The van der Waals surface area contributed by atoms with E-state index in [1.165, 1.54) is 0 Å². The summed E-state index contributed by atoms with van der Waals surface area (Å²) in [5, 5.41) is 14.0. The number of carbonyl (C=O) groups is 1. The van der Waals surface area contributed by atoms with Crippen LogP contribution in [0.1, 0.15) is 37.7 Å². The molecule has 6 rings (SSSR count). The topological polar surface area (TPSA) is 61.8 Å². The van der Waals surface area contributed by atoms with Gasteiger partial charge in [-0.1, -0.05) is 6.07 Å². The normalized spacial score (nSPS) is 38.2. The third kappa shape index (κ3) is 2.51. The van der Waals surface area contributed by atoms with Crippen molar-refractivity contribution >= 4 is 11.7 Å². The molecule has 134 valence electrons. The number of hydrogen-bond acceptors (Lipinski definition) is 3. The summed E-state index contributed by atoms with van der Waals surface area (Å²) in [6, 6.07) is 6.18. The van der Waals surface area contributed by atoms with Crippen LogP contribution in [0.15, 0.2) is 18.2 Å². The van der Waals surface area contributed by atoms with Crippen molar-refractivity contribution in [2.45, 2.75) is 50.7 Å². The molecular weight excluding hydrogens is 316 g/mol. The third-order valence-electron chi connectivity index (χ3n) is 6.75. The number of anilines is 1. The fourth-order valence-corrected chi connectivity index (χ4v) is 5.98. The predicted octanol–water partition coefficient (Wildman–Crippen LogP) is 2.84. The van der Waals surface area contributed by atoms with Crippen LogP contribution in [0.4, 0.5) is 10.5 Å². The van der Waals surface area contributed by atoms with E-state index in [9.17, 15) is 9.90 Å². The van der Waals surface area contributed by atoms with Crippen LogP contribution in [-0.4, -0.2) is 35.9 Å². The highest BCUT2D eigenvalue weighted by molar-refractivity contribution is 5.94. The Balaban J connectivity index is 1.35. The molecule has 1 heterocycles. The van der Waals surface area contributed by atoms with Gasteiger partial charge in [-0.2, -0.15) is 0 Å². The summed E-state index contributed by atoms with van der Waals surface area (Å²) in [4.78, 5) is 14.8. The Bertz CT molecular complexity index is 703. The fourth-order valence-electron chi connectivity index (χ4n) is 5.98. The van der Waals surface area contributed by atoms with Gasteiger partial charge in [0.15, 0.2) is 0 Å². The van der Waals surface area contributed by atoms with Crippen molar-refractivity contribution < 1.29 is 14.6 Å². The van der Waals surface area contributed by atoms with Crippen LogP contribution in [0.3, 0.4) is 0 Å². The maximum absolute atomic E-state index is 13.0. The van der Waals surface area contributed by atoms with Crippen molar-refractivity contribution in [1.29, 1.82) is 0 Å². The lowest BCUT2D eigenvalue weighted by molar-refractivity contribution is -0.136. The first kappa shape index (κ1) is 15.5. The zero-order valence-corrected chi connectivity index (χ0v) is 14.7. The molecule has 5 nitrogen and oxygen atoms in total. The lowest BCUT2D eigenvalue weighted by Gasteiger charge is -2.58. The summed E-state index contributed by atoms with van der Waals surface area (Å²) in [6.45, 7) is 3.14. The summed E-state index contributed by atoms with van der Waals surface area (Å²) in [6.07, 6.45) is 4.98. The molecule has 2 amide bonds. The second kappa shape index (κ2) is 5.37. The van der Waals surface area contributed by atoms with E-state index in [4.69, 9.17) is 4.74 Å².